The predicted molar refractivity (Wildman–Crippen MR) is 98.0 cm³/mol. The molecule has 0 radical (unpaired) electrons. The van der Waals surface area contributed by atoms with E-state index in [1.54, 1.807) is 4.90 Å². The van der Waals surface area contributed by atoms with Gasteiger partial charge in [0, 0.05) is 31.1 Å². The molecular formula is C20H21ClN2O2. The molecule has 130 valence electrons. The number of amides is 2. The highest BCUT2D eigenvalue weighted by Gasteiger charge is 2.34. The largest absolute Gasteiger partial charge is 0.352 e. The van der Waals surface area contributed by atoms with Crippen LogP contribution in [-0.2, 0) is 22.7 Å². The van der Waals surface area contributed by atoms with E-state index >= 15 is 0 Å². The van der Waals surface area contributed by atoms with Crippen LogP contribution in [0.5, 0.6) is 0 Å². The van der Waals surface area contributed by atoms with Crippen LogP contribution in [-0.4, -0.2) is 23.3 Å². The summed E-state index contributed by atoms with van der Waals surface area (Å²) >= 11 is 6.16. The Kier molecular flexibility index (Phi) is 5.39. The van der Waals surface area contributed by atoms with Crippen molar-refractivity contribution in [3.8, 4) is 0 Å². The van der Waals surface area contributed by atoms with Gasteiger partial charge in [0.1, 0.15) is 0 Å². The fourth-order valence-electron chi connectivity index (χ4n) is 3.09. The highest BCUT2D eigenvalue weighted by Crippen LogP contribution is 2.23. The van der Waals surface area contributed by atoms with Crippen LogP contribution in [0.25, 0.3) is 0 Å². The van der Waals surface area contributed by atoms with Gasteiger partial charge < -0.3 is 10.2 Å². The molecule has 0 bridgehead atoms. The zero-order valence-electron chi connectivity index (χ0n) is 14.2. The molecule has 1 fully saturated rings. The van der Waals surface area contributed by atoms with E-state index in [4.69, 9.17) is 11.6 Å². The van der Waals surface area contributed by atoms with Crippen LogP contribution in [0, 0.1) is 12.8 Å². The fraction of sp³-hybridized carbons (Fsp3) is 0.300. The summed E-state index contributed by atoms with van der Waals surface area (Å²) in [5.41, 5.74) is 3.12. The van der Waals surface area contributed by atoms with Crippen molar-refractivity contribution < 1.29 is 9.59 Å². The van der Waals surface area contributed by atoms with Gasteiger partial charge in [0.05, 0.1) is 5.92 Å². The molecule has 1 aliphatic rings. The minimum atomic E-state index is -0.306. The number of carbonyl (C=O) groups excluding carboxylic acids is 2. The zero-order valence-corrected chi connectivity index (χ0v) is 14.9. The van der Waals surface area contributed by atoms with Crippen LogP contribution in [0.2, 0.25) is 5.02 Å². The Labute approximate surface area is 152 Å². The van der Waals surface area contributed by atoms with Crippen molar-refractivity contribution in [2.45, 2.75) is 26.4 Å². The van der Waals surface area contributed by atoms with E-state index < -0.39 is 0 Å². The Balaban J connectivity index is 1.56. The second kappa shape index (κ2) is 7.70. The van der Waals surface area contributed by atoms with Crippen molar-refractivity contribution >= 4 is 23.4 Å². The Morgan fingerprint density at radius 2 is 2.04 bits per heavy atom. The van der Waals surface area contributed by atoms with Crippen LogP contribution in [0.3, 0.4) is 0 Å². The average Bonchev–Trinajstić information content (AvgIpc) is 2.96. The van der Waals surface area contributed by atoms with Gasteiger partial charge >= 0.3 is 0 Å². The van der Waals surface area contributed by atoms with E-state index in [0.717, 1.165) is 16.7 Å². The van der Waals surface area contributed by atoms with E-state index in [9.17, 15) is 9.59 Å². The van der Waals surface area contributed by atoms with Crippen molar-refractivity contribution in [1.29, 1.82) is 0 Å². The lowest BCUT2D eigenvalue weighted by Crippen LogP contribution is -2.32. The lowest BCUT2D eigenvalue weighted by Gasteiger charge is -2.17. The molecule has 2 aromatic rings. The molecule has 0 spiro atoms. The standard InChI is InChI=1S/C20H21ClN2O2/c1-14-5-4-6-15(9-14)11-22-20(25)17-10-19(24)23(13-17)12-16-7-2-3-8-18(16)21/h2-9,17H,10-13H2,1H3,(H,22,25). The van der Waals surface area contributed by atoms with E-state index in [1.165, 1.54) is 0 Å². The Hall–Kier alpha value is -2.33. The first-order valence-electron chi connectivity index (χ1n) is 8.37. The molecule has 1 atom stereocenters. The van der Waals surface area contributed by atoms with Crippen molar-refractivity contribution in [3.63, 3.8) is 0 Å². The van der Waals surface area contributed by atoms with Gasteiger partial charge in [-0.05, 0) is 24.1 Å². The maximum Gasteiger partial charge on any atom is 0.225 e. The SMILES string of the molecule is Cc1cccc(CNC(=O)C2CC(=O)N(Cc3ccccc3Cl)C2)c1. The Bertz CT molecular complexity index is 791. The monoisotopic (exact) mass is 356 g/mol. The summed E-state index contributed by atoms with van der Waals surface area (Å²) in [4.78, 5) is 26.3. The Morgan fingerprint density at radius 1 is 1.24 bits per heavy atom. The van der Waals surface area contributed by atoms with Gasteiger partial charge in [-0.3, -0.25) is 9.59 Å². The van der Waals surface area contributed by atoms with E-state index in [-0.39, 0.29) is 24.2 Å². The molecule has 5 heteroatoms. The summed E-state index contributed by atoms with van der Waals surface area (Å²) in [6, 6.07) is 15.5. The summed E-state index contributed by atoms with van der Waals surface area (Å²) in [6.07, 6.45) is 0.254. The number of hydrogen-bond acceptors (Lipinski definition) is 2. The molecule has 0 aliphatic carbocycles. The van der Waals surface area contributed by atoms with Crippen molar-refractivity contribution in [2.75, 3.05) is 6.54 Å². The van der Waals surface area contributed by atoms with Crippen molar-refractivity contribution in [2.24, 2.45) is 5.92 Å². The molecule has 1 N–H and O–H groups in total. The third kappa shape index (κ3) is 4.40. The summed E-state index contributed by atoms with van der Waals surface area (Å²) in [5.74, 6) is -0.382. The molecule has 0 saturated carbocycles. The second-order valence-electron chi connectivity index (χ2n) is 6.47. The molecule has 1 aliphatic heterocycles. The number of hydrogen-bond donors (Lipinski definition) is 1. The maximum absolute atomic E-state index is 12.4. The number of nitrogens with zero attached hydrogens (tertiary/aromatic N) is 1. The zero-order chi connectivity index (χ0) is 17.8. The quantitative estimate of drug-likeness (QED) is 0.893. The van der Waals surface area contributed by atoms with Crippen LogP contribution in [0.1, 0.15) is 23.1 Å². The highest BCUT2D eigenvalue weighted by molar-refractivity contribution is 6.31. The van der Waals surface area contributed by atoms with Gasteiger partial charge in [-0.25, -0.2) is 0 Å². The minimum absolute atomic E-state index is 0.00405. The van der Waals surface area contributed by atoms with Gasteiger partial charge in [0.15, 0.2) is 0 Å². The number of benzene rings is 2. The first-order chi connectivity index (χ1) is 12.0. The first kappa shape index (κ1) is 17.5. The molecule has 2 amide bonds. The number of carbonyl (C=O) groups is 2. The predicted octanol–water partition coefficient (Wildman–Crippen LogP) is 3.31. The van der Waals surface area contributed by atoms with E-state index in [1.807, 2.05) is 55.5 Å². The number of nitrogens with one attached hydrogen (secondary N) is 1. The molecule has 1 heterocycles. The van der Waals surface area contributed by atoms with E-state index in [2.05, 4.69) is 5.32 Å². The van der Waals surface area contributed by atoms with Crippen LogP contribution in [0.4, 0.5) is 0 Å². The van der Waals surface area contributed by atoms with Gasteiger partial charge in [-0.2, -0.15) is 0 Å². The van der Waals surface area contributed by atoms with Crippen LogP contribution in [0.15, 0.2) is 48.5 Å². The van der Waals surface area contributed by atoms with Crippen molar-refractivity contribution in [1.82, 2.24) is 10.2 Å². The fourth-order valence-corrected chi connectivity index (χ4v) is 3.28. The third-order valence-corrected chi connectivity index (χ3v) is 4.82. The minimum Gasteiger partial charge on any atom is -0.352 e. The summed E-state index contributed by atoms with van der Waals surface area (Å²) in [7, 11) is 0. The van der Waals surface area contributed by atoms with Crippen LogP contribution >= 0.6 is 11.6 Å². The lowest BCUT2D eigenvalue weighted by atomic mass is 10.1. The maximum atomic E-state index is 12.4. The molecule has 25 heavy (non-hydrogen) atoms. The van der Waals surface area contributed by atoms with Gasteiger partial charge in [0.2, 0.25) is 11.8 Å². The van der Waals surface area contributed by atoms with E-state index in [0.29, 0.717) is 24.7 Å². The summed E-state index contributed by atoms with van der Waals surface area (Å²) < 4.78 is 0. The number of likely N-dealkylation sites (tertiary alicyclic amines) is 1. The van der Waals surface area contributed by atoms with Gasteiger partial charge in [-0.1, -0.05) is 59.6 Å². The number of rotatable bonds is 5. The first-order valence-corrected chi connectivity index (χ1v) is 8.75. The summed E-state index contributed by atoms with van der Waals surface area (Å²) in [5, 5.41) is 3.58. The molecule has 1 unspecified atom stereocenters. The average molecular weight is 357 g/mol. The highest BCUT2D eigenvalue weighted by atomic mass is 35.5. The molecule has 1 saturated heterocycles. The van der Waals surface area contributed by atoms with Gasteiger partial charge in [-0.15, -0.1) is 0 Å². The second-order valence-corrected chi connectivity index (χ2v) is 6.88. The molecular weight excluding hydrogens is 336 g/mol. The van der Waals surface area contributed by atoms with Crippen molar-refractivity contribution in [3.05, 3.63) is 70.2 Å². The number of aryl methyl sites for hydroxylation is 1. The Morgan fingerprint density at radius 3 is 2.80 bits per heavy atom. The lowest BCUT2D eigenvalue weighted by molar-refractivity contribution is -0.129. The molecule has 3 rings (SSSR count). The summed E-state index contributed by atoms with van der Waals surface area (Å²) in [6.45, 7) is 3.38. The molecule has 4 nitrogen and oxygen atoms in total. The number of halogens is 1. The molecule has 0 aromatic heterocycles. The van der Waals surface area contributed by atoms with Gasteiger partial charge in [0.25, 0.3) is 0 Å². The third-order valence-electron chi connectivity index (χ3n) is 4.45. The normalized spacial score (nSPS) is 17.0. The topological polar surface area (TPSA) is 49.4 Å². The smallest absolute Gasteiger partial charge is 0.225 e. The molecule has 2 aromatic carbocycles. The van der Waals surface area contributed by atoms with Crippen LogP contribution < -0.4 is 5.32 Å².